The lowest BCUT2D eigenvalue weighted by atomic mass is 10.4. The zero-order chi connectivity index (χ0) is 13.5. The molecule has 1 saturated heterocycles. The fourth-order valence-corrected chi connectivity index (χ4v) is 1.77. The highest BCUT2D eigenvalue weighted by Crippen LogP contribution is 2.04. The topological polar surface area (TPSA) is 68.5 Å². The molecule has 1 aliphatic heterocycles. The molecule has 100 valence electrons. The predicted molar refractivity (Wildman–Crippen MR) is 72.1 cm³/mol. The standard InChI is InChI=1S/C12H20N4O2/c1-10(14-9-11(13-2)12(17)18)16-6-4-5-15(3)7-8-16/h9H,2,4-8H2,1,3H3,(H,17,18)/b11-9-,14-10+. The minimum absolute atomic E-state index is 0.138. The smallest absolute Gasteiger partial charge is 0.356 e. The van der Waals surface area contributed by atoms with Gasteiger partial charge in [0.25, 0.3) is 0 Å². The normalized spacial score (nSPS) is 19.6. The number of hydrogen-bond acceptors (Lipinski definition) is 4. The number of amidine groups is 1. The van der Waals surface area contributed by atoms with E-state index in [4.69, 9.17) is 5.11 Å². The van der Waals surface area contributed by atoms with Crippen molar-refractivity contribution >= 4 is 18.5 Å². The van der Waals surface area contributed by atoms with Gasteiger partial charge in [-0.05, 0) is 33.7 Å². The highest BCUT2D eigenvalue weighted by Gasteiger charge is 2.12. The van der Waals surface area contributed by atoms with Crippen molar-refractivity contribution < 1.29 is 9.90 Å². The summed E-state index contributed by atoms with van der Waals surface area (Å²) >= 11 is 0. The number of nitrogens with zero attached hydrogens (tertiary/aromatic N) is 4. The average Bonchev–Trinajstić information content (AvgIpc) is 2.54. The first kappa shape index (κ1) is 14.4. The van der Waals surface area contributed by atoms with E-state index in [0.29, 0.717) is 0 Å². The number of likely N-dealkylation sites (N-methyl/N-ethyl adjacent to an activating group) is 1. The molecule has 6 heteroatoms. The summed E-state index contributed by atoms with van der Waals surface area (Å²) in [4.78, 5) is 22.7. The van der Waals surface area contributed by atoms with Gasteiger partial charge in [0.1, 0.15) is 5.84 Å². The molecule has 0 unspecified atom stereocenters. The Morgan fingerprint density at radius 2 is 2.06 bits per heavy atom. The third-order valence-electron chi connectivity index (χ3n) is 2.94. The van der Waals surface area contributed by atoms with Crippen LogP contribution in [0.5, 0.6) is 0 Å². The number of rotatable bonds is 3. The fraction of sp³-hybridized carbons (Fsp3) is 0.583. The van der Waals surface area contributed by atoms with Gasteiger partial charge in [-0.2, -0.15) is 0 Å². The number of aliphatic imine (C=N–C) groups is 2. The molecule has 6 nitrogen and oxygen atoms in total. The largest absolute Gasteiger partial charge is 0.476 e. The van der Waals surface area contributed by atoms with E-state index in [1.807, 2.05) is 6.92 Å². The van der Waals surface area contributed by atoms with E-state index in [1.165, 1.54) is 6.20 Å². The van der Waals surface area contributed by atoms with Crippen LogP contribution in [0, 0.1) is 0 Å². The van der Waals surface area contributed by atoms with Crippen LogP contribution in [-0.2, 0) is 4.79 Å². The number of hydrogen-bond donors (Lipinski definition) is 1. The summed E-state index contributed by atoms with van der Waals surface area (Å²) in [5, 5.41) is 8.78. The molecule has 0 aliphatic carbocycles. The van der Waals surface area contributed by atoms with Crippen molar-refractivity contribution in [2.75, 3.05) is 33.2 Å². The Kier molecular flexibility index (Phi) is 5.51. The van der Waals surface area contributed by atoms with Gasteiger partial charge in [0, 0.05) is 19.6 Å². The molecule has 0 amide bonds. The van der Waals surface area contributed by atoms with Crippen LogP contribution < -0.4 is 0 Å². The van der Waals surface area contributed by atoms with Crippen LogP contribution in [0.2, 0.25) is 0 Å². The molecule has 0 spiro atoms. The van der Waals surface area contributed by atoms with Crippen LogP contribution in [0.25, 0.3) is 0 Å². The maximum atomic E-state index is 10.7. The minimum Gasteiger partial charge on any atom is -0.476 e. The molecule has 1 fully saturated rings. The Morgan fingerprint density at radius 3 is 2.67 bits per heavy atom. The van der Waals surface area contributed by atoms with E-state index >= 15 is 0 Å². The Bertz CT molecular complexity index is 376. The highest BCUT2D eigenvalue weighted by atomic mass is 16.4. The van der Waals surface area contributed by atoms with Crippen LogP contribution in [0.3, 0.4) is 0 Å². The van der Waals surface area contributed by atoms with Gasteiger partial charge < -0.3 is 14.9 Å². The summed E-state index contributed by atoms with van der Waals surface area (Å²) in [5.74, 6) is -0.301. The van der Waals surface area contributed by atoms with Crippen molar-refractivity contribution in [2.45, 2.75) is 13.3 Å². The van der Waals surface area contributed by atoms with Crippen molar-refractivity contribution in [1.29, 1.82) is 0 Å². The van der Waals surface area contributed by atoms with Gasteiger partial charge in [-0.3, -0.25) is 4.99 Å². The predicted octanol–water partition coefficient (Wildman–Crippen LogP) is 0.669. The fourth-order valence-electron chi connectivity index (χ4n) is 1.77. The van der Waals surface area contributed by atoms with Crippen molar-refractivity contribution in [3.8, 4) is 0 Å². The molecule has 0 bridgehead atoms. The number of carboxylic acid groups (broad SMARTS) is 1. The second-order valence-corrected chi connectivity index (χ2v) is 4.30. The SMILES string of the molecule is C=N/C(=C\N=C(/C)N1CCCN(C)CC1)C(=O)O. The lowest BCUT2D eigenvalue weighted by Crippen LogP contribution is -2.32. The van der Waals surface area contributed by atoms with E-state index in [1.54, 1.807) is 0 Å². The summed E-state index contributed by atoms with van der Waals surface area (Å²) in [5.41, 5.74) is -0.138. The molecule has 0 atom stereocenters. The maximum absolute atomic E-state index is 10.7. The molecule has 0 aromatic heterocycles. The molecule has 0 radical (unpaired) electrons. The summed E-state index contributed by atoms with van der Waals surface area (Å²) in [6.07, 6.45) is 2.33. The summed E-state index contributed by atoms with van der Waals surface area (Å²) in [6.45, 7) is 9.00. The monoisotopic (exact) mass is 252 g/mol. The Hall–Kier alpha value is -1.69. The van der Waals surface area contributed by atoms with Gasteiger partial charge in [0.15, 0.2) is 5.70 Å². The molecule has 0 aromatic rings. The average molecular weight is 252 g/mol. The number of carbonyl (C=O) groups is 1. The van der Waals surface area contributed by atoms with E-state index in [2.05, 4.69) is 33.5 Å². The van der Waals surface area contributed by atoms with Crippen molar-refractivity contribution in [3.05, 3.63) is 11.9 Å². The van der Waals surface area contributed by atoms with Gasteiger partial charge in [-0.15, -0.1) is 0 Å². The maximum Gasteiger partial charge on any atom is 0.356 e. The second-order valence-electron chi connectivity index (χ2n) is 4.30. The third-order valence-corrected chi connectivity index (χ3v) is 2.94. The zero-order valence-electron chi connectivity index (χ0n) is 11.0. The van der Waals surface area contributed by atoms with E-state index in [-0.39, 0.29) is 5.70 Å². The first-order valence-electron chi connectivity index (χ1n) is 5.92. The first-order chi connectivity index (χ1) is 8.54. The summed E-state index contributed by atoms with van der Waals surface area (Å²) in [6, 6.07) is 0. The van der Waals surface area contributed by atoms with Gasteiger partial charge in [-0.1, -0.05) is 0 Å². The van der Waals surface area contributed by atoms with Crippen LogP contribution in [0.15, 0.2) is 21.9 Å². The minimum atomic E-state index is -1.11. The van der Waals surface area contributed by atoms with Gasteiger partial charge in [0.2, 0.25) is 0 Å². The molecule has 0 saturated carbocycles. The molecule has 18 heavy (non-hydrogen) atoms. The molecule has 1 aliphatic rings. The molecule has 1 rings (SSSR count). The Labute approximate surface area is 107 Å². The van der Waals surface area contributed by atoms with Gasteiger partial charge in [0.05, 0.1) is 6.20 Å². The highest BCUT2D eigenvalue weighted by molar-refractivity contribution is 5.88. The van der Waals surface area contributed by atoms with Crippen LogP contribution >= 0.6 is 0 Å². The first-order valence-corrected chi connectivity index (χ1v) is 5.92. The van der Waals surface area contributed by atoms with Crippen molar-refractivity contribution in [3.63, 3.8) is 0 Å². The lowest BCUT2D eigenvalue weighted by molar-refractivity contribution is -0.132. The molecule has 1 N–H and O–H groups in total. The zero-order valence-corrected chi connectivity index (χ0v) is 11.0. The number of aliphatic carboxylic acids is 1. The number of carboxylic acids is 1. The molecular weight excluding hydrogens is 232 g/mol. The molecule has 0 aromatic carbocycles. The Balaban J connectivity index is 2.70. The van der Waals surface area contributed by atoms with Gasteiger partial charge in [-0.25, -0.2) is 9.79 Å². The van der Waals surface area contributed by atoms with Crippen LogP contribution in [0.4, 0.5) is 0 Å². The molecule has 1 heterocycles. The summed E-state index contributed by atoms with van der Waals surface area (Å²) < 4.78 is 0. The third kappa shape index (κ3) is 4.29. The van der Waals surface area contributed by atoms with Crippen molar-refractivity contribution in [1.82, 2.24) is 9.80 Å². The summed E-state index contributed by atoms with van der Waals surface area (Å²) in [7, 11) is 2.10. The lowest BCUT2D eigenvalue weighted by Gasteiger charge is -2.21. The van der Waals surface area contributed by atoms with Crippen molar-refractivity contribution in [2.24, 2.45) is 9.98 Å². The second kappa shape index (κ2) is 6.90. The molecular formula is C12H20N4O2. The van der Waals surface area contributed by atoms with Gasteiger partial charge >= 0.3 is 5.97 Å². The van der Waals surface area contributed by atoms with Crippen LogP contribution in [0.1, 0.15) is 13.3 Å². The van der Waals surface area contributed by atoms with Crippen LogP contribution in [-0.4, -0.2) is 66.7 Å². The van der Waals surface area contributed by atoms with E-state index in [0.717, 1.165) is 38.4 Å². The Morgan fingerprint density at radius 1 is 1.33 bits per heavy atom. The van der Waals surface area contributed by atoms with E-state index < -0.39 is 5.97 Å². The quantitative estimate of drug-likeness (QED) is 0.455. The van der Waals surface area contributed by atoms with E-state index in [9.17, 15) is 4.79 Å².